The van der Waals surface area contributed by atoms with Crippen molar-refractivity contribution < 1.29 is 9.53 Å². The van der Waals surface area contributed by atoms with Crippen molar-refractivity contribution in [3.05, 3.63) is 100 Å². The van der Waals surface area contributed by atoms with E-state index in [1.165, 1.54) is 11.1 Å². The zero-order valence-corrected chi connectivity index (χ0v) is 15.3. The van der Waals surface area contributed by atoms with Gasteiger partial charge >= 0.3 is 5.71 Å². The van der Waals surface area contributed by atoms with Crippen LogP contribution in [0.3, 0.4) is 0 Å². The largest absolute Gasteiger partial charge is 0.499 e. The molecule has 132 valence electrons. The van der Waals surface area contributed by atoms with Crippen LogP contribution in [0.15, 0.2) is 83.6 Å². The monoisotopic (exact) mass is 365 g/mol. The predicted molar refractivity (Wildman–Crippen MR) is 104 cm³/mol. The predicted octanol–water partition coefficient (Wildman–Crippen LogP) is 4.39. The minimum Gasteiger partial charge on any atom is -0.499 e. The average molecular weight is 366 g/mol. The Morgan fingerprint density at radius 2 is 1.54 bits per heavy atom. The van der Waals surface area contributed by atoms with Crippen molar-refractivity contribution in [2.75, 3.05) is 7.11 Å². The molecule has 1 unspecified atom stereocenters. The summed E-state index contributed by atoms with van der Waals surface area (Å²) < 4.78 is 5.56. The molecule has 2 aromatic rings. The summed E-state index contributed by atoms with van der Waals surface area (Å²) in [7, 11) is 1.62. The fourth-order valence-electron chi connectivity index (χ4n) is 3.03. The van der Waals surface area contributed by atoms with Crippen molar-refractivity contribution >= 4 is 17.3 Å². The zero-order valence-electron chi connectivity index (χ0n) is 14.5. The van der Waals surface area contributed by atoms with Crippen LogP contribution in [0, 0.1) is 0 Å². The van der Waals surface area contributed by atoms with E-state index in [-0.39, 0.29) is 6.04 Å². The van der Waals surface area contributed by atoms with Crippen LogP contribution in [0.5, 0.6) is 0 Å². The Kier molecular flexibility index (Phi) is 6.03. The van der Waals surface area contributed by atoms with Crippen molar-refractivity contribution in [3.63, 3.8) is 0 Å². The maximum Gasteiger partial charge on any atom is 0.336 e. The molecule has 3 rings (SSSR count). The van der Waals surface area contributed by atoms with Gasteiger partial charge in [-0.05, 0) is 17.2 Å². The molecule has 0 heterocycles. The van der Waals surface area contributed by atoms with Gasteiger partial charge in [0.1, 0.15) is 10.8 Å². The molecule has 0 bridgehead atoms. The molecule has 4 nitrogen and oxygen atoms in total. The molecule has 0 fully saturated rings. The molecule has 0 saturated heterocycles. The van der Waals surface area contributed by atoms with E-state index in [1.807, 2.05) is 42.5 Å². The van der Waals surface area contributed by atoms with E-state index in [1.54, 1.807) is 13.2 Å². The molecule has 26 heavy (non-hydrogen) atoms. The van der Waals surface area contributed by atoms with Crippen molar-refractivity contribution in [3.8, 4) is 0 Å². The molecule has 1 aliphatic rings. The van der Waals surface area contributed by atoms with Gasteiger partial charge < -0.3 is 10.3 Å². The van der Waals surface area contributed by atoms with Crippen molar-refractivity contribution in [2.45, 2.75) is 19.1 Å². The molecule has 0 saturated carbocycles. The molecule has 0 amide bonds. The van der Waals surface area contributed by atoms with Gasteiger partial charge in [-0.3, -0.25) is 4.90 Å². The minimum absolute atomic E-state index is 0.154. The number of allylic oxidation sites excluding steroid dienone is 2. The fraction of sp³-hybridized carbons (Fsp3) is 0.190. The number of methoxy groups -OCH3 is 1. The summed E-state index contributed by atoms with van der Waals surface area (Å²) >= 11 is 6.29. The van der Waals surface area contributed by atoms with Gasteiger partial charge in [-0.15, -0.1) is 0 Å². The molecule has 0 radical (unpaired) electrons. The number of ether oxygens (including phenoxy) is 1. The summed E-state index contributed by atoms with van der Waals surface area (Å²) in [4.78, 5) is 5.50. The lowest BCUT2D eigenvalue weighted by atomic mass is 10.0. The standard InChI is InChI=1S/C21H20ClN3O/c1-26-21-13-19(24-23)18(22)12-20(21)25(14-16-8-4-2-5-9-16)15-17-10-6-3-7-11-17/h2-13,20H,14-15H2,1H3. The number of nitrogens with zero attached hydrogens (tertiary/aromatic N) is 3. The second-order valence-corrected chi connectivity index (χ2v) is 6.48. The second-order valence-electron chi connectivity index (χ2n) is 6.07. The van der Waals surface area contributed by atoms with Crippen molar-refractivity contribution in [1.29, 1.82) is 0 Å². The Bertz CT molecular complexity index is 814. The van der Waals surface area contributed by atoms with E-state index in [4.69, 9.17) is 21.9 Å². The molecule has 2 aromatic carbocycles. The molecular formula is C21H20ClN3O. The maximum atomic E-state index is 9.12. The van der Waals surface area contributed by atoms with Gasteiger partial charge in [0.05, 0.1) is 19.2 Å². The molecular weight excluding hydrogens is 346 g/mol. The van der Waals surface area contributed by atoms with E-state index < -0.39 is 0 Å². The molecule has 0 aliphatic heterocycles. The average Bonchev–Trinajstić information content (AvgIpc) is 2.69. The highest BCUT2D eigenvalue weighted by Crippen LogP contribution is 2.26. The number of rotatable bonds is 6. The summed E-state index contributed by atoms with van der Waals surface area (Å²) in [5.41, 5.74) is 11.8. The van der Waals surface area contributed by atoms with Crippen LogP contribution in [0.2, 0.25) is 0 Å². The summed E-state index contributed by atoms with van der Waals surface area (Å²) in [6.45, 7) is 1.46. The van der Waals surface area contributed by atoms with Gasteiger partial charge in [-0.25, -0.2) is 0 Å². The van der Waals surface area contributed by atoms with Crippen LogP contribution in [0.1, 0.15) is 11.1 Å². The van der Waals surface area contributed by atoms with Crippen LogP contribution in [0.4, 0.5) is 0 Å². The Balaban J connectivity index is 1.95. The number of benzene rings is 2. The van der Waals surface area contributed by atoms with E-state index in [0.717, 1.165) is 13.1 Å². The Morgan fingerprint density at radius 1 is 1.00 bits per heavy atom. The molecule has 0 aromatic heterocycles. The Labute approximate surface area is 158 Å². The first kappa shape index (κ1) is 18.2. The topological polar surface area (TPSA) is 48.9 Å². The minimum atomic E-state index is -0.154. The Morgan fingerprint density at radius 3 is 2.00 bits per heavy atom. The van der Waals surface area contributed by atoms with Gasteiger partial charge in [-0.1, -0.05) is 72.3 Å². The third-order valence-corrected chi connectivity index (χ3v) is 4.63. The number of hydrogen-bond donors (Lipinski definition) is 0. The van der Waals surface area contributed by atoms with E-state index in [9.17, 15) is 0 Å². The van der Waals surface area contributed by atoms with E-state index in [0.29, 0.717) is 16.5 Å². The SMILES string of the molecule is COC1=CC(=[N+]=[N-])C(Cl)=CC1N(Cc1ccccc1)Cc1ccccc1. The summed E-state index contributed by atoms with van der Waals surface area (Å²) in [6.07, 6.45) is 3.54. The molecule has 5 heteroatoms. The van der Waals surface area contributed by atoms with Gasteiger partial charge in [0.25, 0.3) is 0 Å². The van der Waals surface area contributed by atoms with Gasteiger partial charge in [0, 0.05) is 13.1 Å². The van der Waals surface area contributed by atoms with E-state index in [2.05, 4.69) is 34.0 Å². The Hall–Kier alpha value is -2.65. The molecule has 0 N–H and O–H groups in total. The summed E-state index contributed by atoms with van der Waals surface area (Å²) in [5.74, 6) is 0.689. The third kappa shape index (κ3) is 4.30. The second kappa shape index (κ2) is 8.63. The van der Waals surface area contributed by atoms with Gasteiger partial charge in [0.2, 0.25) is 0 Å². The molecule has 0 spiro atoms. The van der Waals surface area contributed by atoms with Gasteiger partial charge in [-0.2, -0.15) is 4.79 Å². The quantitative estimate of drug-likeness (QED) is 0.563. The lowest BCUT2D eigenvalue weighted by Crippen LogP contribution is -2.37. The number of halogens is 1. The first-order valence-corrected chi connectivity index (χ1v) is 8.76. The maximum absolute atomic E-state index is 9.12. The highest BCUT2D eigenvalue weighted by Gasteiger charge is 2.30. The highest BCUT2D eigenvalue weighted by atomic mass is 35.5. The fourth-order valence-corrected chi connectivity index (χ4v) is 3.24. The van der Waals surface area contributed by atoms with Crippen LogP contribution in [0.25, 0.3) is 5.53 Å². The van der Waals surface area contributed by atoms with Crippen LogP contribution in [-0.4, -0.2) is 28.6 Å². The smallest absolute Gasteiger partial charge is 0.336 e. The number of hydrogen-bond acceptors (Lipinski definition) is 2. The van der Waals surface area contributed by atoms with Crippen LogP contribution in [-0.2, 0) is 17.8 Å². The summed E-state index contributed by atoms with van der Waals surface area (Å²) in [6, 6.07) is 20.4. The lowest BCUT2D eigenvalue weighted by molar-refractivity contribution is -0.00275. The van der Waals surface area contributed by atoms with Gasteiger partial charge in [0.15, 0.2) is 0 Å². The summed E-state index contributed by atoms with van der Waals surface area (Å²) in [5, 5.41) is 0.407. The first-order valence-electron chi connectivity index (χ1n) is 8.38. The van der Waals surface area contributed by atoms with Crippen LogP contribution < -0.4 is 0 Å². The lowest BCUT2D eigenvalue weighted by Gasteiger charge is -2.32. The van der Waals surface area contributed by atoms with Crippen molar-refractivity contribution in [2.24, 2.45) is 0 Å². The van der Waals surface area contributed by atoms with Crippen molar-refractivity contribution in [1.82, 2.24) is 4.90 Å². The molecule has 1 aliphatic carbocycles. The van der Waals surface area contributed by atoms with Crippen LogP contribution >= 0.6 is 11.6 Å². The highest BCUT2D eigenvalue weighted by molar-refractivity contribution is 6.44. The normalized spacial score (nSPS) is 16.7. The first-order chi connectivity index (χ1) is 12.7. The third-order valence-electron chi connectivity index (χ3n) is 4.31. The zero-order chi connectivity index (χ0) is 18.4. The molecule has 1 atom stereocenters. The van der Waals surface area contributed by atoms with E-state index >= 15 is 0 Å².